The number of carbonyl (C=O) groups is 1. The largest absolute Gasteiger partial charge is 0.454 e. The van der Waals surface area contributed by atoms with Crippen molar-refractivity contribution >= 4 is 33.6 Å². The second-order valence-electron chi connectivity index (χ2n) is 4.44. The van der Waals surface area contributed by atoms with Gasteiger partial charge in [0.25, 0.3) is 0 Å². The molecule has 2 aromatic carbocycles. The molecule has 1 N–H and O–H groups in total. The van der Waals surface area contributed by atoms with E-state index < -0.39 is 0 Å². The van der Waals surface area contributed by atoms with Crippen LogP contribution >= 0.6 is 15.9 Å². The van der Waals surface area contributed by atoms with Gasteiger partial charge in [0.15, 0.2) is 11.5 Å². The molecule has 21 heavy (non-hydrogen) atoms. The minimum atomic E-state index is -0.197. The van der Waals surface area contributed by atoms with Crippen molar-refractivity contribution in [3.05, 3.63) is 58.6 Å². The van der Waals surface area contributed by atoms with Crippen LogP contribution in [0.2, 0.25) is 0 Å². The molecule has 4 nitrogen and oxygen atoms in total. The van der Waals surface area contributed by atoms with Gasteiger partial charge < -0.3 is 14.8 Å². The van der Waals surface area contributed by atoms with E-state index in [0.29, 0.717) is 17.2 Å². The van der Waals surface area contributed by atoms with E-state index in [1.807, 2.05) is 24.3 Å². The molecule has 0 radical (unpaired) electrons. The fourth-order valence-corrected chi connectivity index (χ4v) is 2.17. The molecule has 1 aliphatic rings. The molecule has 5 heteroatoms. The number of ether oxygens (including phenoxy) is 2. The van der Waals surface area contributed by atoms with E-state index in [1.165, 1.54) is 6.08 Å². The number of amides is 1. The molecule has 2 aromatic rings. The normalized spacial score (nSPS) is 12.6. The zero-order chi connectivity index (χ0) is 14.7. The topological polar surface area (TPSA) is 47.6 Å². The Kier molecular flexibility index (Phi) is 3.92. The number of benzene rings is 2. The van der Waals surface area contributed by atoms with Gasteiger partial charge in [-0.2, -0.15) is 0 Å². The summed E-state index contributed by atoms with van der Waals surface area (Å²) >= 11 is 3.37. The molecule has 1 aliphatic heterocycles. The minimum Gasteiger partial charge on any atom is -0.454 e. The summed E-state index contributed by atoms with van der Waals surface area (Å²) in [4.78, 5) is 11.9. The van der Waals surface area contributed by atoms with Gasteiger partial charge in [-0.05, 0) is 35.9 Å². The summed E-state index contributed by atoms with van der Waals surface area (Å²) in [5, 5.41) is 2.78. The molecule has 0 saturated heterocycles. The van der Waals surface area contributed by atoms with Gasteiger partial charge in [-0.15, -0.1) is 0 Å². The van der Waals surface area contributed by atoms with Crippen molar-refractivity contribution in [3.8, 4) is 11.5 Å². The predicted octanol–water partition coefficient (Wildman–Crippen LogP) is 3.83. The van der Waals surface area contributed by atoms with Crippen LogP contribution < -0.4 is 14.8 Å². The molecule has 0 fully saturated rings. The average molecular weight is 346 g/mol. The first-order valence-corrected chi connectivity index (χ1v) is 7.14. The van der Waals surface area contributed by atoms with Crippen LogP contribution in [0, 0.1) is 0 Å². The molecular formula is C16H12BrNO3. The predicted molar refractivity (Wildman–Crippen MR) is 84.4 cm³/mol. The van der Waals surface area contributed by atoms with Gasteiger partial charge >= 0.3 is 0 Å². The Bertz CT molecular complexity index is 695. The van der Waals surface area contributed by atoms with E-state index in [4.69, 9.17) is 9.47 Å². The summed E-state index contributed by atoms with van der Waals surface area (Å²) < 4.78 is 11.5. The van der Waals surface area contributed by atoms with E-state index >= 15 is 0 Å². The first-order valence-electron chi connectivity index (χ1n) is 6.35. The van der Waals surface area contributed by atoms with E-state index in [0.717, 1.165) is 10.0 Å². The zero-order valence-corrected chi connectivity index (χ0v) is 12.6. The van der Waals surface area contributed by atoms with Crippen LogP contribution in [0.15, 0.2) is 53.0 Å². The highest BCUT2D eigenvalue weighted by Gasteiger charge is 2.13. The molecule has 0 aliphatic carbocycles. The fourth-order valence-electron chi connectivity index (χ4n) is 1.90. The average Bonchev–Trinajstić information content (AvgIpc) is 2.94. The first-order chi connectivity index (χ1) is 10.2. The lowest BCUT2D eigenvalue weighted by molar-refractivity contribution is -0.111. The van der Waals surface area contributed by atoms with Gasteiger partial charge in [0, 0.05) is 22.3 Å². The van der Waals surface area contributed by atoms with Crippen molar-refractivity contribution in [1.29, 1.82) is 0 Å². The smallest absolute Gasteiger partial charge is 0.248 e. The third kappa shape index (κ3) is 3.44. The number of fused-ring (bicyclic) bond motifs is 1. The number of halogens is 1. The number of hydrogen-bond acceptors (Lipinski definition) is 3. The summed E-state index contributed by atoms with van der Waals surface area (Å²) in [5.74, 6) is 1.14. The maximum Gasteiger partial charge on any atom is 0.248 e. The monoisotopic (exact) mass is 345 g/mol. The molecule has 3 rings (SSSR count). The molecule has 1 heterocycles. The lowest BCUT2D eigenvalue weighted by Gasteiger charge is -2.03. The van der Waals surface area contributed by atoms with Gasteiger partial charge in [0.1, 0.15) is 0 Å². The van der Waals surface area contributed by atoms with Crippen molar-refractivity contribution in [1.82, 2.24) is 0 Å². The fraction of sp³-hybridized carbons (Fsp3) is 0.0625. The van der Waals surface area contributed by atoms with Crippen molar-refractivity contribution in [2.75, 3.05) is 12.1 Å². The Labute approximate surface area is 130 Å². The second kappa shape index (κ2) is 6.01. The molecule has 106 valence electrons. The van der Waals surface area contributed by atoms with Gasteiger partial charge in [-0.3, -0.25) is 4.79 Å². The summed E-state index contributed by atoms with van der Waals surface area (Å²) in [5.41, 5.74) is 1.63. The maximum atomic E-state index is 11.9. The molecular weight excluding hydrogens is 334 g/mol. The standard InChI is InChI=1S/C16H12BrNO3/c17-12-4-1-11(2-5-12)3-8-16(19)18-13-6-7-14-15(9-13)21-10-20-14/h1-9H,10H2,(H,18,19)/b8-3-. The lowest BCUT2D eigenvalue weighted by atomic mass is 10.2. The summed E-state index contributed by atoms with van der Waals surface area (Å²) in [6.07, 6.45) is 3.25. The van der Waals surface area contributed by atoms with E-state index in [9.17, 15) is 4.79 Å². The third-order valence-corrected chi connectivity index (χ3v) is 3.47. The maximum absolute atomic E-state index is 11.9. The van der Waals surface area contributed by atoms with Gasteiger partial charge in [0.05, 0.1) is 0 Å². The van der Waals surface area contributed by atoms with Crippen molar-refractivity contribution in [2.45, 2.75) is 0 Å². The van der Waals surface area contributed by atoms with Crippen LogP contribution in [0.25, 0.3) is 6.08 Å². The van der Waals surface area contributed by atoms with Crippen LogP contribution in [0.4, 0.5) is 5.69 Å². The number of carbonyl (C=O) groups excluding carboxylic acids is 1. The molecule has 0 spiro atoms. The number of nitrogens with one attached hydrogen (secondary N) is 1. The summed E-state index contributed by atoms with van der Waals surface area (Å²) in [6, 6.07) is 13.0. The Morgan fingerprint density at radius 1 is 1.10 bits per heavy atom. The summed E-state index contributed by atoms with van der Waals surface area (Å²) in [6.45, 7) is 0.218. The van der Waals surface area contributed by atoms with Gasteiger partial charge in [-0.1, -0.05) is 28.1 Å². The Balaban J connectivity index is 1.65. The van der Waals surface area contributed by atoms with Crippen LogP contribution in [-0.4, -0.2) is 12.7 Å². The van der Waals surface area contributed by atoms with Crippen molar-refractivity contribution < 1.29 is 14.3 Å². The minimum absolute atomic E-state index is 0.197. The first kappa shape index (κ1) is 13.7. The molecule has 0 aromatic heterocycles. The zero-order valence-electron chi connectivity index (χ0n) is 11.0. The Hall–Kier alpha value is -2.27. The molecule has 0 bridgehead atoms. The SMILES string of the molecule is O=C(/C=C\c1ccc(Br)cc1)Nc1ccc2c(c1)OCO2. The third-order valence-electron chi connectivity index (χ3n) is 2.94. The van der Waals surface area contributed by atoms with Crippen molar-refractivity contribution in [2.24, 2.45) is 0 Å². The number of anilines is 1. The molecule has 1 amide bonds. The van der Waals surface area contributed by atoms with Crippen LogP contribution in [0.5, 0.6) is 11.5 Å². The highest BCUT2D eigenvalue weighted by molar-refractivity contribution is 9.10. The van der Waals surface area contributed by atoms with E-state index in [-0.39, 0.29) is 12.7 Å². The summed E-state index contributed by atoms with van der Waals surface area (Å²) in [7, 11) is 0. The van der Waals surface area contributed by atoms with Crippen molar-refractivity contribution in [3.63, 3.8) is 0 Å². The highest BCUT2D eigenvalue weighted by Crippen LogP contribution is 2.34. The van der Waals surface area contributed by atoms with Crippen LogP contribution in [0.3, 0.4) is 0 Å². The Morgan fingerprint density at radius 3 is 2.67 bits per heavy atom. The van der Waals surface area contributed by atoms with Gasteiger partial charge in [0.2, 0.25) is 12.7 Å². The molecule has 0 unspecified atom stereocenters. The van der Waals surface area contributed by atoms with Crippen LogP contribution in [-0.2, 0) is 4.79 Å². The van der Waals surface area contributed by atoms with E-state index in [1.54, 1.807) is 24.3 Å². The lowest BCUT2D eigenvalue weighted by Crippen LogP contribution is -2.07. The number of rotatable bonds is 3. The number of hydrogen-bond donors (Lipinski definition) is 1. The molecule has 0 atom stereocenters. The molecule has 0 saturated carbocycles. The highest BCUT2D eigenvalue weighted by atomic mass is 79.9. The Morgan fingerprint density at radius 2 is 1.86 bits per heavy atom. The second-order valence-corrected chi connectivity index (χ2v) is 5.36. The van der Waals surface area contributed by atoms with Gasteiger partial charge in [-0.25, -0.2) is 0 Å². The van der Waals surface area contributed by atoms with E-state index in [2.05, 4.69) is 21.2 Å². The quantitative estimate of drug-likeness (QED) is 0.860. The van der Waals surface area contributed by atoms with Crippen LogP contribution in [0.1, 0.15) is 5.56 Å².